The summed E-state index contributed by atoms with van der Waals surface area (Å²) in [5.41, 5.74) is 0.943. The van der Waals surface area contributed by atoms with Crippen LogP contribution in [0.5, 0.6) is 0 Å². The molecule has 1 unspecified atom stereocenters. The van der Waals surface area contributed by atoms with Gasteiger partial charge in [-0.25, -0.2) is 4.98 Å². The van der Waals surface area contributed by atoms with Gasteiger partial charge in [0.2, 0.25) is 5.89 Å². The summed E-state index contributed by atoms with van der Waals surface area (Å²) < 4.78 is 11.1. The number of aromatic nitrogens is 1. The molecule has 1 aliphatic rings. The molecule has 5 nitrogen and oxygen atoms in total. The van der Waals surface area contributed by atoms with E-state index in [1.807, 2.05) is 24.3 Å². The van der Waals surface area contributed by atoms with E-state index in [4.69, 9.17) is 20.8 Å². The Morgan fingerprint density at radius 2 is 2.14 bits per heavy atom. The smallest absolute Gasteiger partial charge is 0.209 e. The van der Waals surface area contributed by atoms with Crippen molar-refractivity contribution >= 4 is 11.6 Å². The van der Waals surface area contributed by atoms with E-state index in [1.165, 1.54) is 0 Å². The normalized spacial score (nSPS) is 19.8. The number of hydrogen-bond acceptors (Lipinski definition) is 5. The molecule has 1 atom stereocenters. The Kier molecular flexibility index (Phi) is 4.55. The van der Waals surface area contributed by atoms with Gasteiger partial charge in [0.05, 0.1) is 38.6 Å². The molecule has 2 aromatic rings. The lowest BCUT2D eigenvalue weighted by molar-refractivity contribution is -0.0342. The van der Waals surface area contributed by atoms with Crippen LogP contribution in [0.2, 0.25) is 5.02 Å². The molecule has 0 spiro atoms. The second-order valence-electron chi connectivity index (χ2n) is 5.01. The van der Waals surface area contributed by atoms with Crippen molar-refractivity contribution in [3.63, 3.8) is 0 Å². The molecule has 6 heteroatoms. The lowest BCUT2D eigenvalue weighted by Gasteiger charge is -2.33. The standard InChI is InChI=1S/C15H17ClN2O3/c16-12-3-1-11(2-4-12)14-7-17-15(21-14)8-18-5-6-20-10-13(18)9-19/h1-4,7,13,19H,5-6,8-10H2. The average molecular weight is 309 g/mol. The number of ether oxygens (including phenoxy) is 1. The van der Waals surface area contributed by atoms with Crippen molar-refractivity contribution in [3.8, 4) is 11.3 Å². The Morgan fingerprint density at radius 3 is 2.90 bits per heavy atom. The quantitative estimate of drug-likeness (QED) is 0.938. The van der Waals surface area contributed by atoms with Crippen LogP contribution in [0.25, 0.3) is 11.3 Å². The zero-order valence-electron chi connectivity index (χ0n) is 11.5. The van der Waals surface area contributed by atoms with Crippen molar-refractivity contribution < 1.29 is 14.3 Å². The largest absolute Gasteiger partial charge is 0.439 e. The highest BCUT2D eigenvalue weighted by atomic mass is 35.5. The summed E-state index contributed by atoms with van der Waals surface area (Å²) in [6.07, 6.45) is 1.72. The Morgan fingerprint density at radius 1 is 1.33 bits per heavy atom. The predicted molar refractivity (Wildman–Crippen MR) is 79.1 cm³/mol. The van der Waals surface area contributed by atoms with Crippen molar-refractivity contribution in [2.75, 3.05) is 26.4 Å². The number of rotatable bonds is 4. The first kappa shape index (κ1) is 14.5. The molecule has 0 saturated carbocycles. The fourth-order valence-electron chi connectivity index (χ4n) is 2.37. The second kappa shape index (κ2) is 6.58. The molecule has 1 fully saturated rings. The lowest BCUT2D eigenvalue weighted by Crippen LogP contribution is -2.46. The molecule has 3 rings (SSSR count). The molecule has 0 radical (unpaired) electrons. The van der Waals surface area contributed by atoms with Crippen molar-refractivity contribution in [2.45, 2.75) is 12.6 Å². The van der Waals surface area contributed by atoms with Gasteiger partial charge < -0.3 is 14.3 Å². The molecule has 1 N–H and O–H groups in total. The Hall–Kier alpha value is -1.40. The minimum Gasteiger partial charge on any atom is -0.439 e. The highest BCUT2D eigenvalue weighted by Crippen LogP contribution is 2.23. The minimum absolute atomic E-state index is 0.00429. The number of nitrogens with zero attached hydrogens (tertiary/aromatic N) is 2. The summed E-state index contributed by atoms with van der Waals surface area (Å²) >= 11 is 5.88. The minimum atomic E-state index is 0.00429. The van der Waals surface area contributed by atoms with Gasteiger partial charge in [0.25, 0.3) is 0 Å². The van der Waals surface area contributed by atoms with Crippen LogP contribution in [0.1, 0.15) is 5.89 Å². The van der Waals surface area contributed by atoms with Crippen LogP contribution in [-0.4, -0.2) is 47.4 Å². The number of aliphatic hydroxyl groups is 1. The van der Waals surface area contributed by atoms with Crippen molar-refractivity contribution in [1.29, 1.82) is 0 Å². The van der Waals surface area contributed by atoms with E-state index in [0.717, 1.165) is 17.9 Å². The maximum atomic E-state index is 9.36. The van der Waals surface area contributed by atoms with Crippen LogP contribution in [-0.2, 0) is 11.3 Å². The Bertz CT molecular complexity index is 585. The zero-order chi connectivity index (χ0) is 14.7. The molecule has 1 aromatic heterocycles. The van der Waals surface area contributed by atoms with Crippen molar-refractivity contribution in [1.82, 2.24) is 9.88 Å². The summed E-state index contributed by atoms with van der Waals surface area (Å²) in [7, 11) is 0. The first-order valence-corrected chi connectivity index (χ1v) is 7.27. The fraction of sp³-hybridized carbons (Fsp3) is 0.400. The topological polar surface area (TPSA) is 58.7 Å². The molecule has 1 saturated heterocycles. The predicted octanol–water partition coefficient (Wildman–Crippen LogP) is 2.19. The van der Waals surface area contributed by atoms with Gasteiger partial charge in [0.1, 0.15) is 0 Å². The zero-order valence-corrected chi connectivity index (χ0v) is 12.3. The maximum Gasteiger partial charge on any atom is 0.209 e. The lowest BCUT2D eigenvalue weighted by atomic mass is 10.2. The van der Waals surface area contributed by atoms with Gasteiger partial charge in [-0.2, -0.15) is 0 Å². The summed E-state index contributed by atoms with van der Waals surface area (Å²) in [6.45, 7) is 2.62. The van der Waals surface area contributed by atoms with Gasteiger partial charge in [-0.3, -0.25) is 4.90 Å². The molecule has 1 aromatic carbocycles. The highest BCUT2D eigenvalue weighted by molar-refractivity contribution is 6.30. The summed E-state index contributed by atoms with van der Waals surface area (Å²) in [5.74, 6) is 1.36. The number of oxazole rings is 1. The average Bonchev–Trinajstić information content (AvgIpc) is 2.97. The number of benzene rings is 1. The highest BCUT2D eigenvalue weighted by Gasteiger charge is 2.23. The first-order chi connectivity index (χ1) is 10.3. The van der Waals surface area contributed by atoms with Crippen molar-refractivity contribution in [3.05, 3.63) is 41.4 Å². The second-order valence-corrected chi connectivity index (χ2v) is 5.44. The molecule has 112 valence electrons. The van der Waals surface area contributed by atoms with Crippen LogP contribution in [0.4, 0.5) is 0 Å². The van der Waals surface area contributed by atoms with Crippen LogP contribution >= 0.6 is 11.6 Å². The number of morpholine rings is 1. The van der Waals surface area contributed by atoms with Gasteiger partial charge in [-0.15, -0.1) is 0 Å². The van der Waals surface area contributed by atoms with Gasteiger partial charge in [-0.1, -0.05) is 11.6 Å². The monoisotopic (exact) mass is 308 g/mol. The molecule has 0 bridgehead atoms. The summed E-state index contributed by atoms with van der Waals surface area (Å²) in [6, 6.07) is 7.45. The molecule has 0 amide bonds. The van der Waals surface area contributed by atoms with Crippen LogP contribution in [0.3, 0.4) is 0 Å². The van der Waals surface area contributed by atoms with E-state index in [1.54, 1.807) is 6.20 Å². The van der Waals surface area contributed by atoms with Crippen LogP contribution in [0.15, 0.2) is 34.9 Å². The van der Waals surface area contributed by atoms with Gasteiger partial charge in [-0.05, 0) is 24.3 Å². The molecule has 0 aliphatic carbocycles. The maximum absolute atomic E-state index is 9.36. The molecule has 1 aliphatic heterocycles. The molecular formula is C15H17ClN2O3. The Labute approximate surface area is 128 Å². The van der Waals surface area contributed by atoms with E-state index >= 15 is 0 Å². The van der Waals surface area contributed by atoms with E-state index in [2.05, 4.69) is 9.88 Å². The first-order valence-electron chi connectivity index (χ1n) is 6.89. The number of hydrogen-bond donors (Lipinski definition) is 1. The van der Waals surface area contributed by atoms with E-state index in [9.17, 15) is 5.11 Å². The van der Waals surface area contributed by atoms with Crippen molar-refractivity contribution in [2.24, 2.45) is 0 Å². The van der Waals surface area contributed by atoms with Gasteiger partial charge >= 0.3 is 0 Å². The third-order valence-corrected chi connectivity index (χ3v) is 3.83. The molecule has 21 heavy (non-hydrogen) atoms. The van der Waals surface area contributed by atoms with E-state index in [-0.39, 0.29) is 12.6 Å². The van der Waals surface area contributed by atoms with Crippen LogP contribution in [0, 0.1) is 0 Å². The number of aliphatic hydroxyl groups excluding tert-OH is 1. The fourth-order valence-corrected chi connectivity index (χ4v) is 2.50. The number of halogens is 1. The molecular weight excluding hydrogens is 292 g/mol. The van der Waals surface area contributed by atoms with E-state index in [0.29, 0.717) is 30.7 Å². The van der Waals surface area contributed by atoms with Crippen LogP contribution < -0.4 is 0 Å². The third-order valence-electron chi connectivity index (χ3n) is 3.58. The summed E-state index contributed by atoms with van der Waals surface area (Å²) in [5, 5.41) is 10.1. The SMILES string of the molecule is OCC1COCCN1Cc1ncc(-c2ccc(Cl)cc2)o1. The molecule has 2 heterocycles. The van der Waals surface area contributed by atoms with Gasteiger partial charge in [0.15, 0.2) is 5.76 Å². The summed E-state index contributed by atoms with van der Waals surface area (Å²) in [4.78, 5) is 6.44. The Balaban J connectivity index is 1.71. The third kappa shape index (κ3) is 3.44. The van der Waals surface area contributed by atoms with E-state index < -0.39 is 0 Å². The van der Waals surface area contributed by atoms with Gasteiger partial charge in [0, 0.05) is 17.1 Å².